The summed E-state index contributed by atoms with van der Waals surface area (Å²) in [5, 5.41) is 4.27. The molecule has 27 heavy (non-hydrogen) atoms. The molecule has 0 unspecified atom stereocenters. The fourth-order valence-electron chi connectivity index (χ4n) is 2.33. The normalized spacial score (nSPS) is 11.7. The third-order valence-electron chi connectivity index (χ3n) is 3.77. The van der Waals surface area contributed by atoms with Crippen molar-refractivity contribution in [2.75, 3.05) is 14.2 Å². The molecule has 2 aromatic carbocycles. The highest BCUT2D eigenvalue weighted by Crippen LogP contribution is 2.26. The zero-order valence-electron chi connectivity index (χ0n) is 14.4. The number of nitrogens with zero attached hydrogens (tertiary/aromatic N) is 3. The number of aromatic nitrogens is 2. The number of methoxy groups -OCH3 is 1. The van der Waals surface area contributed by atoms with Crippen molar-refractivity contribution < 1.29 is 22.1 Å². The topological polar surface area (TPSA) is 85.5 Å². The van der Waals surface area contributed by atoms with Crippen LogP contribution in [-0.4, -0.2) is 37.0 Å². The highest BCUT2D eigenvalue weighted by atomic mass is 35.5. The van der Waals surface area contributed by atoms with E-state index in [-0.39, 0.29) is 28.9 Å². The van der Waals surface area contributed by atoms with Crippen molar-refractivity contribution in [1.29, 1.82) is 0 Å². The lowest BCUT2D eigenvalue weighted by Crippen LogP contribution is -2.26. The Morgan fingerprint density at radius 2 is 2.00 bits per heavy atom. The highest BCUT2D eigenvalue weighted by Gasteiger charge is 2.24. The third kappa shape index (κ3) is 3.95. The van der Waals surface area contributed by atoms with Gasteiger partial charge in [0, 0.05) is 12.6 Å². The molecule has 3 aromatic rings. The molecule has 1 heterocycles. The molecular formula is C17H15ClFN3O4S. The molecule has 0 aliphatic heterocycles. The summed E-state index contributed by atoms with van der Waals surface area (Å²) in [4.78, 5) is 3.96. The Labute approximate surface area is 160 Å². The molecule has 0 N–H and O–H groups in total. The Hall–Kier alpha value is -2.49. The van der Waals surface area contributed by atoms with E-state index in [4.69, 9.17) is 20.9 Å². The molecule has 0 radical (unpaired) electrons. The van der Waals surface area contributed by atoms with Crippen molar-refractivity contribution in [3.63, 3.8) is 0 Å². The summed E-state index contributed by atoms with van der Waals surface area (Å²) < 4.78 is 50.0. The molecule has 0 bridgehead atoms. The first-order chi connectivity index (χ1) is 12.8. The Morgan fingerprint density at radius 3 is 2.67 bits per heavy atom. The molecule has 10 heteroatoms. The lowest BCUT2D eigenvalue weighted by molar-refractivity contribution is 0.336. The van der Waals surface area contributed by atoms with Crippen LogP contribution in [-0.2, 0) is 16.6 Å². The second-order valence-corrected chi connectivity index (χ2v) is 8.00. The van der Waals surface area contributed by atoms with Crippen molar-refractivity contribution in [2.24, 2.45) is 0 Å². The summed E-state index contributed by atoms with van der Waals surface area (Å²) in [6, 6.07) is 10.3. The molecule has 0 amide bonds. The van der Waals surface area contributed by atoms with Gasteiger partial charge in [0.15, 0.2) is 11.6 Å². The van der Waals surface area contributed by atoms with E-state index in [1.807, 2.05) is 0 Å². The first-order valence-electron chi connectivity index (χ1n) is 7.70. The number of sulfonamides is 1. The number of rotatable bonds is 6. The third-order valence-corrected chi connectivity index (χ3v) is 5.90. The molecule has 1 aromatic heterocycles. The molecule has 0 atom stereocenters. The predicted octanol–water partition coefficient (Wildman–Crippen LogP) is 3.36. The van der Waals surface area contributed by atoms with E-state index in [1.165, 1.54) is 26.3 Å². The minimum atomic E-state index is -3.96. The van der Waals surface area contributed by atoms with Gasteiger partial charge in [-0.25, -0.2) is 12.8 Å². The monoisotopic (exact) mass is 411 g/mol. The SMILES string of the molecule is COc1ccc(S(=O)(=O)N(C)Cc2nc(-c3ccccc3Cl)no2)cc1F. The molecular weight excluding hydrogens is 397 g/mol. The molecule has 0 saturated carbocycles. The van der Waals surface area contributed by atoms with Crippen molar-refractivity contribution in [2.45, 2.75) is 11.4 Å². The van der Waals surface area contributed by atoms with Gasteiger partial charge in [-0.3, -0.25) is 0 Å². The van der Waals surface area contributed by atoms with Crippen LogP contribution in [0, 0.1) is 5.82 Å². The van der Waals surface area contributed by atoms with Gasteiger partial charge in [-0.1, -0.05) is 28.9 Å². The lowest BCUT2D eigenvalue weighted by atomic mass is 10.2. The Morgan fingerprint density at radius 1 is 1.26 bits per heavy atom. The lowest BCUT2D eigenvalue weighted by Gasteiger charge is -2.15. The summed E-state index contributed by atoms with van der Waals surface area (Å²) in [6.45, 7) is -0.187. The van der Waals surface area contributed by atoms with Crippen LogP contribution in [0.15, 0.2) is 51.9 Å². The molecule has 0 fully saturated rings. The van der Waals surface area contributed by atoms with E-state index in [0.717, 1.165) is 10.4 Å². The van der Waals surface area contributed by atoms with Crippen LogP contribution >= 0.6 is 11.6 Å². The smallest absolute Gasteiger partial charge is 0.243 e. The fourth-order valence-corrected chi connectivity index (χ4v) is 3.69. The summed E-state index contributed by atoms with van der Waals surface area (Å²) in [5.41, 5.74) is 0.567. The van der Waals surface area contributed by atoms with Gasteiger partial charge >= 0.3 is 0 Å². The van der Waals surface area contributed by atoms with E-state index in [0.29, 0.717) is 10.6 Å². The zero-order valence-corrected chi connectivity index (χ0v) is 16.0. The maximum absolute atomic E-state index is 13.8. The average molecular weight is 412 g/mol. The van der Waals surface area contributed by atoms with Gasteiger partial charge < -0.3 is 9.26 Å². The maximum atomic E-state index is 13.8. The molecule has 0 spiro atoms. The second kappa shape index (κ2) is 7.63. The van der Waals surface area contributed by atoms with Crippen LogP contribution < -0.4 is 4.74 Å². The van der Waals surface area contributed by atoms with Gasteiger partial charge in [-0.05, 0) is 30.3 Å². The molecule has 7 nitrogen and oxygen atoms in total. The quantitative estimate of drug-likeness (QED) is 0.618. The van der Waals surface area contributed by atoms with Crippen molar-refractivity contribution in [1.82, 2.24) is 14.4 Å². The van der Waals surface area contributed by atoms with Gasteiger partial charge in [-0.2, -0.15) is 9.29 Å². The van der Waals surface area contributed by atoms with Gasteiger partial charge in [0.05, 0.1) is 23.6 Å². The Balaban J connectivity index is 1.82. The van der Waals surface area contributed by atoms with Gasteiger partial charge in [0.2, 0.25) is 21.7 Å². The largest absolute Gasteiger partial charge is 0.494 e. The summed E-state index contributed by atoms with van der Waals surface area (Å²) in [7, 11) is -1.34. The Kier molecular flexibility index (Phi) is 5.45. The molecule has 0 aliphatic carbocycles. The minimum absolute atomic E-state index is 0.0436. The van der Waals surface area contributed by atoms with Crippen LogP contribution in [0.1, 0.15) is 5.89 Å². The summed E-state index contributed by atoms with van der Waals surface area (Å²) in [5.74, 6) is -0.495. The van der Waals surface area contributed by atoms with Crippen LogP contribution in [0.5, 0.6) is 5.75 Å². The van der Waals surface area contributed by atoms with Gasteiger partial charge in [0.1, 0.15) is 0 Å². The molecule has 0 aliphatic rings. The maximum Gasteiger partial charge on any atom is 0.243 e. The van der Waals surface area contributed by atoms with Gasteiger partial charge in [-0.15, -0.1) is 0 Å². The number of benzene rings is 2. The average Bonchev–Trinajstić information content (AvgIpc) is 3.10. The molecule has 142 valence electrons. The number of hydrogen-bond acceptors (Lipinski definition) is 6. The summed E-state index contributed by atoms with van der Waals surface area (Å²) in [6.07, 6.45) is 0. The van der Waals surface area contributed by atoms with Crippen LogP contribution in [0.3, 0.4) is 0 Å². The van der Waals surface area contributed by atoms with Crippen molar-refractivity contribution in [3.05, 3.63) is 59.2 Å². The van der Waals surface area contributed by atoms with Crippen LogP contribution in [0.2, 0.25) is 5.02 Å². The van der Waals surface area contributed by atoms with Crippen LogP contribution in [0.4, 0.5) is 4.39 Å². The first-order valence-corrected chi connectivity index (χ1v) is 9.52. The first kappa shape index (κ1) is 19.3. The fraction of sp³-hybridized carbons (Fsp3) is 0.176. The Bertz CT molecular complexity index is 1070. The predicted molar refractivity (Wildman–Crippen MR) is 96.3 cm³/mol. The van der Waals surface area contributed by atoms with Gasteiger partial charge in [0.25, 0.3) is 0 Å². The molecule has 3 rings (SSSR count). The van der Waals surface area contributed by atoms with E-state index in [9.17, 15) is 12.8 Å². The van der Waals surface area contributed by atoms with E-state index >= 15 is 0 Å². The van der Waals surface area contributed by atoms with Crippen molar-refractivity contribution >= 4 is 21.6 Å². The highest BCUT2D eigenvalue weighted by molar-refractivity contribution is 7.89. The van der Waals surface area contributed by atoms with E-state index in [2.05, 4.69) is 10.1 Å². The van der Waals surface area contributed by atoms with E-state index < -0.39 is 15.8 Å². The van der Waals surface area contributed by atoms with E-state index in [1.54, 1.807) is 24.3 Å². The number of hydrogen-bond donors (Lipinski definition) is 0. The molecule has 0 saturated heterocycles. The van der Waals surface area contributed by atoms with Crippen LogP contribution in [0.25, 0.3) is 11.4 Å². The number of halogens is 2. The second-order valence-electron chi connectivity index (χ2n) is 5.55. The summed E-state index contributed by atoms with van der Waals surface area (Å²) >= 11 is 6.09. The number of ether oxygens (including phenoxy) is 1. The zero-order chi connectivity index (χ0) is 19.6. The minimum Gasteiger partial charge on any atom is -0.494 e. The van der Waals surface area contributed by atoms with Crippen molar-refractivity contribution in [3.8, 4) is 17.1 Å². The standard InChI is InChI=1S/C17H15ClFN3O4S/c1-22(27(23,24)11-7-8-15(25-2)14(19)9-11)10-16-20-17(21-26-16)12-5-3-4-6-13(12)18/h3-9H,10H2,1-2H3.